The number of hydrogen-bond donors (Lipinski definition) is 0. The molecule has 0 spiro atoms. The average molecular weight is 145 g/mol. The lowest BCUT2D eigenvalue weighted by Gasteiger charge is -2.11. The van der Waals surface area contributed by atoms with Crippen LogP contribution in [0.3, 0.4) is 0 Å². The van der Waals surface area contributed by atoms with Crippen molar-refractivity contribution in [2.75, 3.05) is 0 Å². The lowest BCUT2D eigenvalue weighted by atomic mass is 10.3. The third kappa shape index (κ3) is 3.22. The zero-order chi connectivity index (χ0) is 7.49. The topological polar surface area (TPSA) is 29.4 Å². The van der Waals surface area contributed by atoms with Gasteiger partial charge >= 0.3 is 0 Å². The van der Waals surface area contributed by atoms with Crippen molar-refractivity contribution >= 4 is 16.9 Å². The van der Waals surface area contributed by atoms with E-state index in [-0.39, 0.29) is 4.75 Å². The van der Waals surface area contributed by atoms with E-state index in [1.807, 2.05) is 20.8 Å². The predicted octanol–water partition coefficient (Wildman–Crippen LogP) is 1.30. The van der Waals surface area contributed by atoms with Gasteiger partial charge in [-0.15, -0.1) is 4.40 Å². The van der Waals surface area contributed by atoms with Crippen molar-refractivity contribution in [3.05, 3.63) is 6.58 Å². The minimum absolute atomic E-state index is 0.287. The maximum Gasteiger partial charge on any atom is 0.153 e. The summed E-state index contributed by atoms with van der Waals surface area (Å²) in [4.78, 5) is 0. The van der Waals surface area contributed by atoms with Crippen molar-refractivity contribution in [3.8, 4) is 0 Å². The summed E-state index contributed by atoms with van der Waals surface area (Å²) in [5, 5.41) is 0. The van der Waals surface area contributed by atoms with E-state index in [1.165, 1.54) is 0 Å². The first-order valence-corrected chi connectivity index (χ1v) is 3.74. The molecule has 0 bridgehead atoms. The molecule has 0 amide bonds. The average Bonchev–Trinajstić information content (AvgIpc) is 1.64. The van der Waals surface area contributed by atoms with Gasteiger partial charge in [-0.3, -0.25) is 0 Å². The fraction of sp³-hybridized carbons (Fsp3) is 0.667. The molecule has 0 aliphatic carbocycles. The summed E-state index contributed by atoms with van der Waals surface area (Å²) in [7, 11) is -1.19. The molecule has 2 nitrogen and oxygen atoms in total. The molecule has 3 heteroatoms. The van der Waals surface area contributed by atoms with Gasteiger partial charge in [0.2, 0.25) is 0 Å². The van der Waals surface area contributed by atoms with Crippen LogP contribution in [-0.2, 0) is 11.0 Å². The van der Waals surface area contributed by atoms with Gasteiger partial charge in [-0.2, -0.15) is 0 Å². The van der Waals surface area contributed by atoms with Crippen LogP contribution in [0.25, 0.3) is 0 Å². The first-order chi connectivity index (χ1) is 3.98. The summed E-state index contributed by atoms with van der Waals surface area (Å²) in [6.45, 7) is 8.78. The van der Waals surface area contributed by atoms with E-state index in [0.717, 1.165) is 0 Å². The summed E-state index contributed by atoms with van der Waals surface area (Å²) >= 11 is 0. The smallest absolute Gasteiger partial charge is 0.153 e. The molecule has 0 aliphatic heterocycles. The van der Waals surface area contributed by atoms with Gasteiger partial charge in [0.15, 0.2) is 11.0 Å². The van der Waals surface area contributed by atoms with Crippen molar-refractivity contribution in [2.45, 2.75) is 25.5 Å². The first kappa shape index (κ1) is 8.60. The van der Waals surface area contributed by atoms with E-state index >= 15 is 0 Å². The fourth-order valence-electron chi connectivity index (χ4n) is 0.196. The molecule has 9 heavy (non-hydrogen) atoms. The van der Waals surface area contributed by atoms with Crippen LogP contribution in [0.4, 0.5) is 0 Å². The Labute approximate surface area is 58.3 Å². The predicted molar refractivity (Wildman–Crippen MR) is 41.0 cm³/mol. The molecule has 0 aromatic heterocycles. The van der Waals surface area contributed by atoms with Crippen molar-refractivity contribution in [1.82, 2.24) is 0 Å². The van der Waals surface area contributed by atoms with Gasteiger partial charge in [0.05, 0.1) is 4.75 Å². The van der Waals surface area contributed by atoms with E-state index in [2.05, 4.69) is 16.8 Å². The van der Waals surface area contributed by atoms with Gasteiger partial charge in [0, 0.05) is 0 Å². The van der Waals surface area contributed by atoms with Crippen molar-refractivity contribution < 1.29 is 4.21 Å². The summed E-state index contributed by atoms with van der Waals surface area (Å²) < 4.78 is 14.1. The van der Waals surface area contributed by atoms with Gasteiger partial charge in [0.25, 0.3) is 0 Å². The molecule has 0 aromatic carbocycles. The summed E-state index contributed by atoms with van der Waals surface area (Å²) in [6.07, 6.45) is 0. The summed E-state index contributed by atoms with van der Waals surface area (Å²) in [5.41, 5.74) is 0. The highest BCUT2D eigenvalue weighted by atomic mass is 32.2. The SMILES string of the molecule is C=C=NS(=O)C(C)(C)C. The Morgan fingerprint density at radius 3 is 2.11 bits per heavy atom. The molecule has 0 aliphatic rings. The second-order valence-electron chi connectivity index (χ2n) is 2.61. The van der Waals surface area contributed by atoms with Gasteiger partial charge < -0.3 is 0 Å². The van der Waals surface area contributed by atoms with E-state index in [9.17, 15) is 4.21 Å². The lowest BCUT2D eigenvalue weighted by molar-refractivity contribution is 0.651. The van der Waals surface area contributed by atoms with E-state index in [1.54, 1.807) is 0 Å². The highest BCUT2D eigenvalue weighted by Crippen LogP contribution is 2.10. The van der Waals surface area contributed by atoms with E-state index < -0.39 is 11.0 Å². The maximum absolute atomic E-state index is 10.9. The second-order valence-corrected chi connectivity index (χ2v) is 4.52. The summed E-state index contributed by atoms with van der Waals surface area (Å²) in [5.74, 6) is 2.25. The normalized spacial score (nSPS) is 14.1. The van der Waals surface area contributed by atoms with Gasteiger partial charge in [-0.05, 0) is 33.2 Å². The lowest BCUT2D eigenvalue weighted by Crippen LogP contribution is -2.19. The number of rotatable bonds is 1. The van der Waals surface area contributed by atoms with Crippen molar-refractivity contribution in [2.24, 2.45) is 4.40 Å². The van der Waals surface area contributed by atoms with Crippen LogP contribution < -0.4 is 0 Å². The Morgan fingerprint density at radius 1 is 1.56 bits per heavy atom. The molecule has 0 N–H and O–H groups in total. The molecule has 0 heterocycles. The minimum Gasteiger partial charge on any atom is -0.234 e. The molecule has 0 saturated carbocycles. The largest absolute Gasteiger partial charge is 0.234 e. The Morgan fingerprint density at radius 2 is 2.00 bits per heavy atom. The highest BCUT2D eigenvalue weighted by molar-refractivity contribution is 7.85. The molecule has 0 fully saturated rings. The standard InChI is InChI=1S/C6H11NOS/c1-5-7-9(8)6(2,3)4/h1H2,2-4H3. The second kappa shape index (κ2) is 2.95. The molecule has 1 unspecified atom stereocenters. The monoisotopic (exact) mass is 145 g/mol. The Bertz CT molecular complexity index is 162. The molecule has 0 rings (SSSR count). The molecular formula is C6H11NOS. The quantitative estimate of drug-likeness (QED) is 0.511. The van der Waals surface area contributed by atoms with E-state index in [0.29, 0.717) is 0 Å². The number of nitrogens with zero attached hydrogens (tertiary/aromatic N) is 1. The molecule has 0 radical (unpaired) electrons. The highest BCUT2D eigenvalue weighted by Gasteiger charge is 2.17. The third-order valence-corrected chi connectivity index (χ3v) is 2.01. The van der Waals surface area contributed by atoms with Crippen LogP contribution in [0.2, 0.25) is 0 Å². The molecule has 0 saturated heterocycles. The molecular weight excluding hydrogens is 134 g/mol. The van der Waals surface area contributed by atoms with Crippen molar-refractivity contribution in [3.63, 3.8) is 0 Å². The summed E-state index contributed by atoms with van der Waals surface area (Å²) in [6, 6.07) is 0. The van der Waals surface area contributed by atoms with Crippen LogP contribution >= 0.6 is 0 Å². The Balaban J connectivity index is 4.22. The molecule has 0 aromatic rings. The Kier molecular flexibility index (Phi) is 2.82. The fourth-order valence-corrected chi connectivity index (χ4v) is 0.587. The molecule has 52 valence electrons. The van der Waals surface area contributed by atoms with Gasteiger partial charge in [0.1, 0.15) is 0 Å². The minimum atomic E-state index is -1.19. The van der Waals surface area contributed by atoms with Crippen LogP contribution in [0, 0.1) is 0 Å². The first-order valence-electron chi connectivity index (χ1n) is 2.63. The van der Waals surface area contributed by atoms with Gasteiger partial charge in [-0.1, -0.05) is 0 Å². The molecule has 1 atom stereocenters. The number of hydrogen-bond acceptors (Lipinski definition) is 1. The zero-order valence-electron chi connectivity index (χ0n) is 5.97. The Hall–Kier alpha value is -0.400. The van der Waals surface area contributed by atoms with Crippen LogP contribution in [-0.4, -0.2) is 14.8 Å². The van der Waals surface area contributed by atoms with Crippen LogP contribution in [0.5, 0.6) is 0 Å². The third-order valence-electron chi connectivity index (χ3n) is 0.671. The van der Waals surface area contributed by atoms with Crippen molar-refractivity contribution in [1.29, 1.82) is 0 Å². The van der Waals surface area contributed by atoms with Gasteiger partial charge in [-0.25, -0.2) is 4.21 Å². The van der Waals surface area contributed by atoms with E-state index in [4.69, 9.17) is 0 Å². The van der Waals surface area contributed by atoms with Crippen LogP contribution in [0.1, 0.15) is 20.8 Å². The zero-order valence-corrected chi connectivity index (χ0v) is 6.79. The van der Waals surface area contributed by atoms with Crippen LogP contribution in [0.15, 0.2) is 11.0 Å². The maximum atomic E-state index is 10.9.